The minimum Gasteiger partial charge on any atom is -0.452 e. The molecule has 0 spiro atoms. The monoisotopic (exact) mass is 337 g/mol. The Hall–Kier alpha value is -2.88. The third-order valence-electron chi connectivity index (χ3n) is 3.82. The first-order chi connectivity index (χ1) is 12.1. The van der Waals surface area contributed by atoms with Gasteiger partial charge in [-0.05, 0) is 35.6 Å². The van der Waals surface area contributed by atoms with Gasteiger partial charge in [0.1, 0.15) is 0 Å². The highest BCUT2D eigenvalue weighted by molar-refractivity contribution is 5.95. The number of rotatable bonds is 7. The number of amides is 1. The van der Waals surface area contributed by atoms with Crippen molar-refractivity contribution < 1.29 is 14.3 Å². The molecule has 4 heteroatoms. The molecule has 0 aliphatic heterocycles. The molecule has 2 aromatic rings. The average molecular weight is 337 g/mol. The lowest BCUT2D eigenvalue weighted by Gasteiger charge is -2.14. The second kappa shape index (κ2) is 9.42. The molecule has 0 atom stereocenters. The van der Waals surface area contributed by atoms with Gasteiger partial charge in [-0.2, -0.15) is 0 Å². The summed E-state index contributed by atoms with van der Waals surface area (Å²) in [7, 11) is 0. The topological polar surface area (TPSA) is 55.4 Å². The van der Waals surface area contributed by atoms with Crippen molar-refractivity contribution in [3.8, 4) is 0 Å². The summed E-state index contributed by atoms with van der Waals surface area (Å²) in [6, 6.07) is 15.4. The van der Waals surface area contributed by atoms with Crippen LogP contribution in [0.2, 0.25) is 0 Å². The van der Waals surface area contributed by atoms with E-state index in [4.69, 9.17) is 4.74 Å². The Kier molecular flexibility index (Phi) is 6.96. The summed E-state index contributed by atoms with van der Waals surface area (Å²) in [6.45, 7) is 3.77. The number of nitrogens with one attached hydrogen (secondary N) is 1. The molecule has 0 saturated heterocycles. The van der Waals surface area contributed by atoms with E-state index in [1.807, 2.05) is 62.4 Å². The fraction of sp³-hybridized carbons (Fsp3) is 0.238. The summed E-state index contributed by atoms with van der Waals surface area (Å²) in [4.78, 5) is 23.8. The quantitative estimate of drug-likeness (QED) is 0.613. The van der Waals surface area contributed by atoms with Crippen molar-refractivity contribution in [1.29, 1.82) is 0 Å². The molecule has 0 bridgehead atoms. The Bertz CT molecular complexity index is 729. The predicted octanol–water partition coefficient (Wildman–Crippen LogP) is 4.01. The Morgan fingerprint density at radius 2 is 1.60 bits per heavy atom. The summed E-state index contributed by atoms with van der Waals surface area (Å²) >= 11 is 0. The zero-order chi connectivity index (χ0) is 18.1. The van der Waals surface area contributed by atoms with Crippen LogP contribution in [0.25, 0.3) is 6.08 Å². The van der Waals surface area contributed by atoms with Crippen molar-refractivity contribution in [1.82, 2.24) is 0 Å². The van der Waals surface area contributed by atoms with Crippen molar-refractivity contribution in [3.05, 3.63) is 71.3 Å². The molecule has 0 saturated carbocycles. The van der Waals surface area contributed by atoms with Gasteiger partial charge in [0.2, 0.25) is 0 Å². The number of carbonyl (C=O) groups excluding carboxylic acids is 2. The van der Waals surface area contributed by atoms with Crippen LogP contribution >= 0.6 is 0 Å². The van der Waals surface area contributed by atoms with Gasteiger partial charge in [-0.25, -0.2) is 4.79 Å². The standard InChI is InChI=1S/C21H23NO3/c1-3-17-11-8-12-18(4-2)21(17)22-19(23)15-25-20(24)14-13-16-9-6-5-7-10-16/h5-14H,3-4,15H2,1-2H3,(H,22,23). The second-order valence-electron chi connectivity index (χ2n) is 5.56. The first kappa shape index (κ1) is 18.5. The van der Waals surface area contributed by atoms with E-state index in [0.717, 1.165) is 35.2 Å². The van der Waals surface area contributed by atoms with Gasteiger partial charge in [-0.1, -0.05) is 62.4 Å². The molecule has 2 aromatic carbocycles. The SMILES string of the molecule is CCc1cccc(CC)c1NC(=O)COC(=O)C=Cc1ccccc1. The molecule has 0 radical (unpaired) electrons. The van der Waals surface area contributed by atoms with Gasteiger partial charge in [0.25, 0.3) is 5.91 Å². The van der Waals surface area contributed by atoms with E-state index in [0.29, 0.717) is 0 Å². The van der Waals surface area contributed by atoms with Crippen LogP contribution in [0, 0.1) is 0 Å². The summed E-state index contributed by atoms with van der Waals surface area (Å²) in [5, 5.41) is 2.87. The van der Waals surface area contributed by atoms with Crippen LogP contribution in [0.4, 0.5) is 5.69 Å². The average Bonchev–Trinajstić information content (AvgIpc) is 2.65. The molecule has 1 amide bonds. The van der Waals surface area contributed by atoms with Crippen LogP contribution in [0.3, 0.4) is 0 Å². The minimum atomic E-state index is -0.543. The zero-order valence-corrected chi connectivity index (χ0v) is 14.6. The molecule has 0 aliphatic rings. The van der Waals surface area contributed by atoms with Crippen LogP contribution in [-0.4, -0.2) is 18.5 Å². The number of ether oxygens (including phenoxy) is 1. The number of hydrogen-bond donors (Lipinski definition) is 1. The van der Waals surface area contributed by atoms with Gasteiger partial charge in [0.15, 0.2) is 6.61 Å². The van der Waals surface area contributed by atoms with E-state index < -0.39 is 5.97 Å². The van der Waals surface area contributed by atoms with Gasteiger partial charge in [0, 0.05) is 11.8 Å². The maximum atomic E-state index is 12.1. The fourth-order valence-electron chi connectivity index (χ4n) is 2.49. The smallest absolute Gasteiger partial charge is 0.331 e. The molecule has 0 heterocycles. The molecule has 0 unspecified atom stereocenters. The van der Waals surface area contributed by atoms with E-state index in [1.165, 1.54) is 6.08 Å². The van der Waals surface area contributed by atoms with Gasteiger partial charge in [-0.3, -0.25) is 4.79 Å². The van der Waals surface area contributed by atoms with Gasteiger partial charge in [-0.15, -0.1) is 0 Å². The van der Waals surface area contributed by atoms with Crippen LogP contribution < -0.4 is 5.32 Å². The lowest BCUT2D eigenvalue weighted by molar-refractivity contribution is -0.142. The Balaban J connectivity index is 1.91. The van der Waals surface area contributed by atoms with Crippen LogP contribution in [0.15, 0.2) is 54.6 Å². The Labute approximate surface area is 148 Å². The third-order valence-corrected chi connectivity index (χ3v) is 3.82. The molecule has 0 aromatic heterocycles. The maximum Gasteiger partial charge on any atom is 0.331 e. The van der Waals surface area contributed by atoms with E-state index in [-0.39, 0.29) is 12.5 Å². The number of aryl methyl sites for hydroxylation is 2. The lowest BCUT2D eigenvalue weighted by Crippen LogP contribution is -2.21. The van der Waals surface area contributed by atoms with Crippen molar-refractivity contribution in [2.24, 2.45) is 0 Å². The normalized spacial score (nSPS) is 10.6. The highest BCUT2D eigenvalue weighted by Crippen LogP contribution is 2.22. The molecule has 25 heavy (non-hydrogen) atoms. The van der Waals surface area contributed by atoms with Gasteiger partial charge in [0.05, 0.1) is 0 Å². The van der Waals surface area contributed by atoms with E-state index in [1.54, 1.807) is 6.08 Å². The maximum absolute atomic E-state index is 12.1. The summed E-state index contributed by atoms with van der Waals surface area (Å²) in [5.41, 5.74) is 3.87. The Morgan fingerprint density at radius 1 is 0.960 bits per heavy atom. The van der Waals surface area contributed by atoms with Crippen LogP contribution in [-0.2, 0) is 27.2 Å². The first-order valence-electron chi connectivity index (χ1n) is 8.44. The predicted molar refractivity (Wildman–Crippen MR) is 100 cm³/mol. The zero-order valence-electron chi connectivity index (χ0n) is 14.6. The largest absolute Gasteiger partial charge is 0.452 e. The van der Waals surface area contributed by atoms with E-state index in [9.17, 15) is 9.59 Å². The molecular weight excluding hydrogens is 314 g/mol. The van der Waals surface area contributed by atoms with Crippen molar-refractivity contribution in [3.63, 3.8) is 0 Å². The lowest BCUT2D eigenvalue weighted by atomic mass is 10.0. The van der Waals surface area contributed by atoms with E-state index in [2.05, 4.69) is 5.32 Å². The highest BCUT2D eigenvalue weighted by Gasteiger charge is 2.11. The van der Waals surface area contributed by atoms with Crippen molar-refractivity contribution >= 4 is 23.6 Å². The molecule has 0 aliphatic carbocycles. The number of para-hydroxylation sites is 1. The molecular formula is C21H23NO3. The Morgan fingerprint density at radius 3 is 2.20 bits per heavy atom. The molecule has 0 fully saturated rings. The second-order valence-corrected chi connectivity index (χ2v) is 5.56. The highest BCUT2D eigenvalue weighted by atomic mass is 16.5. The third kappa shape index (κ3) is 5.60. The minimum absolute atomic E-state index is 0.306. The number of anilines is 1. The number of benzene rings is 2. The number of carbonyl (C=O) groups is 2. The first-order valence-corrected chi connectivity index (χ1v) is 8.44. The molecule has 130 valence electrons. The molecule has 1 N–H and O–H groups in total. The van der Waals surface area contributed by atoms with Gasteiger partial charge >= 0.3 is 5.97 Å². The fourth-order valence-corrected chi connectivity index (χ4v) is 2.49. The van der Waals surface area contributed by atoms with Gasteiger partial charge < -0.3 is 10.1 Å². The van der Waals surface area contributed by atoms with Crippen molar-refractivity contribution in [2.45, 2.75) is 26.7 Å². The summed E-state index contributed by atoms with van der Waals surface area (Å²) in [6.07, 6.45) is 4.62. The van der Waals surface area contributed by atoms with E-state index >= 15 is 0 Å². The number of esters is 1. The number of hydrogen-bond acceptors (Lipinski definition) is 3. The van der Waals surface area contributed by atoms with Crippen LogP contribution in [0.5, 0.6) is 0 Å². The molecule has 2 rings (SSSR count). The van der Waals surface area contributed by atoms with Crippen molar-refractivity contribution in [2.75, 3.05) is 11.9 Å². The molecule has 4 nitrogen and oxygen atoms in total. The summed E-state index contributed by atoms with van der Waals surface area (Å²) in [5.74, 6) is -0.879. The van der Waals surface area contributed by atoms with Crippen LogP contribution in [0.1, 0.15) is 30.5 Å². The summed E-state index contributed by atoms with van der Waals surface area (Å²) < 4.78 is 5.01.